The molecule has 0 amide bonds. The molecule has 1 fully saturated rings. The van der Waals surface area contributed by atoms with Gasteiger partial charge in [0.2, 0.25) is 0 Å². The first-order valence-electron chi connectivity index (χ1n) is 4.71. The van der Waals surface area contributed by atoms with Gasteiger partial charge in [0.1, 0.15) is 5.78 Å². The Morgan fingerprint density at radius 2 is 2.40 bits per heavy atom. The Morgan fingerprint density at radius 3 is 3.00 bits per heavy atom. The van der Waals surface area contributed by atoms with Crippen LogP contribution in [0.15, 0.2) is 15.9 Å². The van der Waals surface area contributed by atoms with Crippen molar-refractivity contribution in [1.29, 1.82) is 0 Å². The SMILES string of the molecule is O=C1CCNCC1C(=O)c1sccc1Br. The first kappa shape index (κ1) is 11.0. The number of halogens is 1. The summed E-state index contributed by atoms with van der Waals surface area (Å²) in [5, 5.41) is 4.92. The van der Waals surface area contributed by atoms with Crippen LogP contribution in [0.1, 0.15) is 16.1 Å². The van der Waals surface area contributed by atoms with E-state index < -0.39 is 5.92 Å². The van der Waals surface area contributed by atoms with Crippen molar-refractivity contribution in [3.05, 3.63) is 20.8 Å². The highest BCUT2D eigenvalue weighted by molar-refractivity contribution is 9.10. The van der Waals surface area contributed by atoms with E-state index in [1.807, 2.05) is 11.4 Å². The van der Waals surface area contributed by atoms with E-state index in [9.17, 15) is 9.59 Å². The molecule has 1 saturated heterocycles. The number of piperidine rings is 1. The van der Waals surface area contributed by atoms with Gasteiger partial charge in [-0.3, -0.25) is 9.59 Å². The minimum Gasteiger partial charge on any atom is -0.315 e. The van der Waals surface area contributed by atoms with E-state index in [1.165, 1.54) is 11.3 Å². The van der Waals surface area contributed by atoms with E-state index in [-0.39, 0.29) is 11.6 Å². The van der Waals surface area contributed by atoms with Gasteiger partial charge in [-0.2, -0.15) is 0 Å². The van der Waals surface area contributed by atoms with E-state index in [1.54, 1.807) is 0 Å². The summed E-state index contributed by atoms with van der Waals surface area (Å²) in [6, 6.07) is 1.83. The number of carbonyl (C=O) groups excluding carboxylic acids is 2. The zero-order chi connectivity index (χ0) is 10.8. The number of hydrogen-bond acceptors (Lipinski definition) is 4. The largest absolute Gasteiger partial charge is 0.315 e. The Hall–Kier alpha value is -0.520. The van der Waals surface area contributed by atoms with Crippen molar-refractivity contribution >= 4 is 38.8 Å². The predicted octanol–water partition coefficient (Wildman–Crippen LogP) is 1.87. The Balaban J connectivity index is 2.20. The molecule has 0 saturated carbocycles. The molecule has 1 N–H and O–H groups in total. The molecule has 15 heavy (non-hydrogen) atoms. The van der Waals surface area contributed by atoms with Gasteiger partial charge >= 0.3 is 0 Å². The molecule has 0 bridgehead atoms. The molecule has 1 aliphatic rings. The summed E-state index contributed by atoms with van der Waals surface area (Å²) in [7, 11) is 0. The van der Waals surface area contributed by atoms with Crippen LogP contribution in [0.3, 0.4) is 0 Å². The van der Waals surface area contributed by atoms with Crippen LogP contribution in [0.4, 0.5) is 0 Å². The lowest BCUT2D eigenvalue weighted by Gasteiger charge is -2.19. The van der Waals surface area contributed by atoms with Crippen molar-refractivity contribution in [2.45, 2.75) is 6.42 Å². The van der Waals surface area contributed by atoms with Crippen LogP contribution < -0.4 is 5.32 Å². The molecular weight excluding hydrogens is 278 g/mol. The highest BCUT2D eigenvalue weighted by atomic mass is 79.9. The number of carbonyl (C=O) groups is 2. The van der Waals surface area contributed by atoms with Gasteiger partial charge in [0.25, 0.3) is 0 Å². The van der Waals surface area contributed by atoms with Gasteiger partial charge < -0.3 is 5.32 Å². The van der Waals surface area contributed by atoms with Gasteiger partial charge in [-0.05, 0) is 27.4 Å². The lowest BCUT2D eigenvalue weighted by Crippen LogP contribution is -2.41. The second-order valence-electron chi connectivity index (χ2n) is 3.43. The van der Waals surface area contributed by atoms with Gasteiger partial charge in [0.15, 0.2) is 5.78 Å². The van der Waals surface area contributed by atoms with E-state index in [0.29, 0.717) is 24.4 Å². The first-order chi connectivity index (χ1) is 7.20. The van der Waals surface area contributed by atoms with Crippen LogP contribution in [0, 0.1) is 5.92 Å². The molecule has 1 aromatic rings. The predicted molar refractivity (Wildman–Crippen MR) is 62.3 cm³/mol. The summed E-state index contributed by atoms with van der Waals surface area (Å²) in [5.41, 5.74) is 0. The summed E-state index contributed by atoms with van der Waals surface area (Å²) in [6.45, 7) is 1.16. The molecule has 1 aliphatic heterocycles. The third kappa shape index (κ3) is 2.19. The third-order valence-corrected chi connectivity index (χ3v) is 4.30. The molecule has 1 atom stereocenters. The van der Waals surface area contributed by atoms with Crippen LogP contribution in [-0.4, -0.2) is 24.7 Å². The van der Waals surface area contributed by atoms with E-state index >= 15 is 0 Å². The standard InChI is InChI=1S/C10H10BrNO2S/c11-7-2-4-15-10(7)9(14)6-5-12-3-1-8(6)13/h2,4,6,12H,1,3,5H2. The summed E-state index contributed by atoms with van der Waals surface area (Å²) in [4.78, 5) is 24.2. The summed E-state index contributed by atoms with van der Waals surface area (Å²) >= 11 is 4.69. The summed E-state index contributed by atoms with van der Waals surface area (Å²) in [6.07, 6.45) is 0.458. The highest BCUT2D eigenvalue weighted by Crippen LogP contribution is 2.26. The Kier molecular flexibility index (Phi) is 3.33. The Morgan fingerprint density at radius 1 is 1.60 bits per heavy atom. The van der Waals surface area contributed by atoms with Crippen LogP contribution in [0.2, 0.25) is 0 Å². The highest BCUT2D eigenvalue weighted by Gasteiger charge is 2.30. The first-order valence-corrected chi connectivity index (χ1v) is 6.38. The van der Waals surface area contributed by atoms with Crippen molar-refractivity contribution in [2.24, 2.45) is 5.92 Å². The van der Waals surface area contributed by atoms with Crippen LogP contribution in [-0.2, 0) is 4.79 Å². The lowest BCUT2D eigenvalue weighted by atomic mass is 9.93. The zero-order valence-corrected chi connectivity index (χ0v) is 10.4. The maximum absolute atomic E-state index is 12.0. The molecule has 3 nitrogen and oxygen atoms in total. The molecule has 1 unspecified atom stereocenters. The molecule has 0 spiro atoms. The second kappa shape index (κ2) is 4.55. The molecule has 0 radical (unpaired) electrons. The number of Topliss-reactive ketones (excluding diaryl/α,β-unsaturated/α-hetero) is 2. The van der Waals surface area contributed by atoms with Crippen molar-refractivity contribution in [3.8, 4) is 0 Å². The minimum atomic E-state index is -0.492. The molecule has 1 aromatic heterocycles. The molecule has 5 heteroatoms. The van der Waals surface area contributed by atoms with E-state index in [0.717, 1.165) is 4.47 Å². The second-order valence-corrected chi connectivity index (χ2v) is 5.21. The fourth-order valence-electron chi connectivity index (χ4n) is 1.61. The number of thiophene rings is 1. The number of ketones is 2. The monoisotopic (exact) mass is 287 g/mol. The smallest absolute Gasteiger partial charge is 0.185 e. The molecule has 2 heterocycles. The average Bonchev–Trinajstić information content (AvgIpc) is 2.64. The topological polar surface area (TPSA) is 46.2 Å². The lowest BCUT2D eigenvalue weighted by molar-refractivity contribution is -0.122. The quantitative estimate of drug-likeness (QED) is 0.667. The third-order valence-electron chi connectivity index (χ3n) is 2.44. The van der Waals surface area contributed by atoms with Gasteiger partial charge in [0.05, 0.1) is 10.8 Å². The van der Waals surface area contributed by atoms with Gasteiger partial charge in [-0.1, -0.05) is 0 Å². The van der Waals surface area contributed by atoms with Gasteiger partial charge in [0, 0.05) is 24.0 Å². The molecular formula is C10H10BrNO2S. The fraction of sp³-hybridized carbons (Fsp3) is 0.400. The van der Waals surface area contributed by atoms with Crippen molar-refractivity contribution in [2.75, 3.05) is 13.1 Å². The molecule has 2 rings (SSSR count). The number of rotatable bonds is 2. The minimum absolute atomic E-state index is 0.0547. The maximum atomic E-state index is 12.0. The molecule has 80 valence electrons. The van der Waals surface area contributed by atoms with Crippen LogP contribution >= 0.6 is 27.3 Å². The Labute approximate surface area is 100.0 Å². The van der Waals surface area contributed by atoms with Crippen LogP contribution in [0.5, 0.6) is 0 Å². The molecule has 0 aromatic carbocycles. The van der Waals surface area contributed by atoms with Crippen LogP contribution in [0.25, 0.3) is 0 Å². The maximum Gasteiger partial charge on any atom is 0.185 e. The summed E-state index contributed by atoms with van der Waals surface area (Å²) < 4.78 is 0.788. The van der Waals surface area contributed by atoms with Crippen molar-refractivity contribution in [3.63, 3.8) is 0 Å². The van der Waals surface area contributed by atoms with Gasteiger partial charge in [-0.15, -0.1) is 11.3 Å². The van der Waals surface area contributed by atoms with E-state index in [2.05, 4.69) is 21.2 Å². The van der Waals surface area contributed by atoms with Crippen molar-refractivity contribution < 1.29 is 9.59 Å². The number of nitrogens with one attached hydrogen (secondary N) is 1. The number of hydrogen-bond donors (Lipinski definition) is 1. The fourth-order valence-corrected chi connectivity index (χ4v) is 3.17. The normalized spacial score (nSPS) is 21.7. The zero-order valence-electron chi connectivity index (χ0n) is 7.96. The average molecular weight is 288 g/mol. The summed E-state index contributed by atoms with van der Waals surface area (Å²) in [5.74, 6) is -0.498. The van der Waals surface area contributed by atoms with E-state index in [4.69, 9.17) is 0 Å². The van der Waals surface area contributed by atoms with Gasteiger partial charge in [-0.25, -0.2) is 0 Å². The van der Waals surface area contributed by atoms with Crippen molar-refractivity contribution in [1.82, 2.24) is 5.32 Å². The molecule has 0 aliphatic carbocycles. The Bertz CT molecular complexity index is 402.